The summed E-state index contributed by atoms with van der Waals surface area (Å²) in [6.07, 6.45) is 1.50. The Hall–Kier alpha value is -2.74. The van der Waals surface area contributed by atoms with Crippen LogP contribution in [0.15, 0.2) is 50.8 Å². The molecule has 7 nitrogen and oxygen atoms in total. The molecular weight excluding hydrogens is 344 g/mol. The van der Waals surface area contributed by atoms with E-state index in [0.717, 1.165) is 11.8 Å². The first kappa shape index (κ1) is 17.1. The fourth-order valence-corrected chi connectivity index (χ4v) is 2.86. The molecule has 0 radical (unpaired) electrons. The van der Waals surface area contributed by atoms with Gasteiger partial charge in [-0.2, -0.15) is 9.97 Å². The Morgan fingerprint density at radius 3 is 2.52 bits per heavy atom. The molecule has 0 atom stereocenters. The van der Waals surface area contributed by atoms with Gasteiger partial charge in [0, 0.05) is 12.3 Å². The highest BCUT2D eigenvalue weighted by Crippen LogP contribution is 2.27. The van der Waals surface area contributed by atoms with Crippen molar-refractivity contribution >= 4 is 20.9 Å². The lowest BCUT2D eigenvalue weighted by molar-refractivity contribution is 0.293. The number of rotatable bonds is 5. The Labute approximate surface area is 144 Å². The van der Waals surface area contributed by atoms with Crippen LogP contribution in [0.3, 0.4) is 0 Å². The van der Waals surface area contributed by atoms with Crippen molar-refractivity contribution in [3.05, 3.63) is 57.9 Å². The minimum Gasteiger partial charge on any atom is -0.472 e. The number of nitrogens with zero attached hydrogens (tertiary/aromatic N) is 2. The zero-order valence-corrected chi connectivity index (χ0v) is 14.5. The third-order valence-corrected chi connectivity index (χ3v) is 4.41. The van der Waals surface area contributed by atoms with Crippen LogP contribution < -0.4 is 10.4 Å². The fourth-order valence-electron chi connectivity index (χ4n) is 2.36. The van der Waals surface area contributed by atoms with Crippen molar-refractivity contribution in [1.82, 2.24) is 9.97 Å². The van der Waals surface area contributed by atoms with Gasteiger partial charge in [0.15, 0.2) is 0 Å². The molecule has 25 heavy (non-hydrogen) atoms. The van der Waals surface area contributed by atoms with Gasteiger partial charge in [-0.15, -0.1) is 0 Å². The molecule has 2 aromatic heterocycles. The van der Waals surface area contributed by atoms with Gasteiger partial charge >= 0.3 is 5.63 Å². The molecule has 0 aliphatic heterocycles. The van der Waals surface area contributed by atoms with Crippen molar-refractivity contribution in [1.29, 1.82) is 0 Å². The summed E-state index contributed by atoms with van der Waals surface area (Å²) in [5.41, 5.74) is 0.833. The van der Waals surface area contributed by atoms with Crippen LogP contribution in [0, 0.1) is 0 Å². The summed E-state index contributed by atoms with van der Waals surface area (Å²) >= 11 is 0. The van der Waals surface area contributed by atoms with E-state index in [2.05, 4.69) is 9.97 Å². The van der Waals surface area contributed by atoms with E-state index < -0.39 is 20.6 Å². The number of ether oxygens (including phenoxy) is 1. The second-order valence-electron chi connectivity index (χ2n) is 5.48. The number of hydrogen-bond acceptors (Lipinski definition) is 7. The summed E-state index contributed by atoms with van der Waals surface area (Å²) in [4.78, 5) is 19.6. The Bertz CT molecular complexity index is 1080. The van der Waals surface area contributed by atoms with Crippen LogP contribution in [-0.4, -0.2) is 24.6 Å². The maximum atomic E-state index is 11.8. The second-order valence-corrected chi connectivity index (χ2v) is 7.39. The van der Waals surface area contributed by atoms with Gasteiger partial charge in [0.2, 0.25) is 21.4 Å². The highest BCUT2D eigenvalue weighted by Gasteiger charge is 2.20. The van der Waals surface area contributed by atoms with Crippen molar-refractivity contribution < 1.29 is 17.6 Å². The van der Waals surface area contributed by atoms with E-state index in [0.29, 0.717) is 17.4 Å². The van der Waals surface area contributed by atoms with Crippen molar-refractivity contribution in [2.45, 2.75) is 25.1 Å². The van der Waals surface area contributed by atoms with Gasteiger partial charge in [-0.1, -0.05) is 37.3 Å². The van der Waals surface area contributed by atoms with Crippen LogP contribution in [0.25, 0.3) is 11.1 Å². The summed E-state index contributed by atoms with van der Waals surface area (Å²) in [5, 5.41) is -0.0371. The van der Waals surface area contributed by atoms with E-state index >= 15 is 0 Å². The lowest BCUT2D eigenvalue weighted by Gasteiger charge is -2.11. The average molecular weight is 360 g/mol. The molecule has 3 aromatic rings. The molecule has 0 saturated heterocycles. The van der Waals surface area contributed by atoms with Gasteiger partial charge in [0.25, 0.3) is 5.16 Å². The summed E-state index contributed by atoms with van der Waals surface area (Å²) in [6.45, 7) is 2.05. The molecule has 3 rings (SSSR count). The van der Waals surface area contributed by atoms with Gasteiger partial charge < -0.3 is 9.15 Å². The largest absolute Gasteiger partial charge is 0.472 e. The maximum Gasteiger partial charge on any atom is 0.337 e. The normalized spacial score (nSPS) is 11.6. The Morgan fingerprint density at radius 2 is 1.88 bits per heavy atom. The van der Waals surface area contributed by atoms with E-state index in [4.69, 9.17) is 9.15 Å². The number of benzene rings is 1. The van der Waals surface area contributed by atoms with Crippen molar-refractivity contribution in [2.75, 3.05) is 6.26 Å². The van der Waals surface area contributed by atoms with Gasteiger partial charge in [-0.3, -0.25) is 0 Å². The summed E-state index contributed by atoms with van der Waals surface area (Å²) in [5.74, 6) is 0.0786. The molecule has 0 amide bonds. The lowest BCUT2D eigenvalue weighted by atomic mass is 10.1. The molecule has 8 heteroatoms. The third kappa shape index (κ3) is 3.69. The molecule has 0 unspecified atom stereocenters. The Balaban J connectivity index is 2.18. The first-order valence-electron chi connectivity index (χ1n) is 7.60. The predicted molar refractivity (Wildman–Crippen MR) is 91.3 cm³/mol. The second kappa shape index (κ2) is 6.64. The van der Waals surface area contributed by atoms with Crippen molar-refractivity contribution in [2.24, 2.45) is 0 Å². The first-order valence-corrected chi connectivity index (χ1v) is 9.49. The topological polar surface area (TPSA) is 99.4 Å². The molecule has 0 saturated carbocycles. The molecule has 2 heterocycles. The Kier molecular flexibility index (Phi) is 4.54. The summed E-state index contributed by atoms with van der Waals surface area (Å²) < 4.78 is 34.5. The number of fused-ring (bicyclic) bond motifs is 1. The number of sulfone groups is 1. The van der Waals surface area contributed by atoms with Gasteiger partial charge in [0.05, 0.1) is 0 Å². The van der Waals surface area contributed by atoms with Crippen LogP contribution in [-0.2, 0) is 22.9 Å². The molecule has 0 spiro atoms. The molecule has 1 aromatic carbocycles. The zero-order chi connectivity index (χ0) is 18.0. The van der Waals surface area contributed by atoms with Crippen LogP contribution in [0.5, 0.6) is 5.88 Å². The molecular formula is C17H16N2O5S. The highest BCUT2D eigenvalue weighted by molar-refractivity contribution is 7.90. The minimum atomic E-state index is -3.70. The molecule has 0 aliphatic rings. The number of aryl methyl sites for hydroxylation is 1. The van der Waals surface area contributed by atoms with Crippen molar-refractivity contribution in [3.63, 3.8) is 0 Å². The van der Waals surface area contributed by atoms with E-state index in [1.54, 1.807) is 0 Å². The molecule has 130 valence electrons. The molecule has 0 bridgehead atoms. The minimum absolute atomic E-state index is 0.0786. The molecule has 0 aliphatic carbocycles. The van der Waals surface area contributed by atoms with Crippen LogP contribution in [0.4, 0.5) is 0 Å². The zero-order valence-electron chi connectivity index (χ0n) is 13.7. The maximum absolute atomic E-state index is 11.8. The third-order valence-electron chi connectivity index (χ3n) is 3.56. The average Bonchev–Trinajstić information content (AvgIpc) is 2.58. The van der Waals surface area contributed by atoms with E-state index in [9.17, 15) is 13.2 Å². The summed E-state index contributed by atoms with van der Waals surface area (Å²) in [7, 11) is -3.70. The van der Waals surface area contributed by atoms with Gasteiger partial charge in [0.1, 0.15) is 12.0 Å². The monoisotopic (exact) mass is 360 g/mol. The van der Waals surface area contributed by atoms with E-state index in [1.807, 2.05) is 37.3 Å². The summed E-state index contributed by atoms with van der Waals surface area (Å²) in [6, 6.07) is 10.7. The quantitative estimate of drug-likeness (QED) is 0.643. The fraction of sp³-hybridized carbons (Fsp3) is 0.235. The van der Waals surface area contributed by atoms with E-state index in [-0.39, 0.29) is 18.2 Å². The Morgan fingerprint density at radius 1 is 1.16 bits per heavy atom. The standard InChI is InChI=1S/C17H16N2O5S/c1-3-12-9-13(20)24-16-14(12)15(18-17(19-16)25(2,21)22)23-10-11-7-5-4-6-8-11/h4-9H,3,10H2,1-2H3. The van der Waals surface area contributed by atoms with Crippen LogP contribution >= 0.6 is 0 Å². The number of hydrogen-bond donors (Lipinski definition) is 0. The SMILES string of the molecule is CCc1cc(=O)oc2nc(S(C)(=O)=O)nc(OCc3ccccc3)c12. The van der Waals surface area contributed by atoms with Gasteiger partial charge in [-0.25, -0.2) is 13.2 Å². The van der Waals surface area contributed by atoms with Crippen LogP contribution in [0.2, 0.25) is 0 Å². The molecule has 0 fully saturated rings. The first-order chi connectivity index (χ1) is 11.9. The van der Waals surface area contributed by atoms with Crippen LogP contribution in [0.1, 0.15) is 18.1 Å². The highest BCUT2D eigenvalue weighted by atomic mass is 32.2. The van der Waals surface area contributed by atoms with E-state index in [1.165, 1.54) is 6.07 Å². The lowest BCUT2D eigenvalue weighted by Crippen LogP contribution is -2.10. The number of aromatic nitrogens is 2. The molecule has 0 N–H and O–H groups in total. The predicted octanol–water partition coefficient (Wildman–Crippen LogP) is 2.13. The van der Waals surface area contributed by atoms with Gasteiger partial charge in [-0.05, 0) is 17.5 Å². The van der Waals surface area contributed by atoms with Crippen molar-refractivity contribution in [3.8, 4) is 5.88 Å². The smallest absolute Gasteiger partial charge is 0.337 e.